The Labute approximate surface area is 76.7 Å². The van der Waals surface area contributed by atoms with E-state index in [9.17, 15) is 13.2 Å². The van der Waals surface area contributed by atoms with Gasteiger partial charge in [-0.3, -0.25) is 0 Å². The van der Waals surface area contributed by atoms with E-state index in [0.717, 1.165) is 32.7 Å². The third-order valence-corrected chi connectivity index (χ3v) is 2.51. The van der Waals surface area contributed by atoms with E-state index in [0.29, 0.717) is 0 Å². The quantitative estimate of drug-likeness (QED) is 0.729. The molecular formula is C9H16F3N. The number of rotatable bonds is 3. The van der Waals surface area contributed by atoms with Gasteiger partial charge in [0.1, 0.15) is 0 Å². The molecule has 1 rings (SSSR count). The van der Waals surface area contributed by atoms with Crippen LogP contribution in [0.2, 0.25) is 0 Å². The number of hydrogen-bond donors (Lipinski definition) is 1. The second-order valence-electron chi connectivity index (χ2n) is 3.93. The van der Waals surface area contributed by atoms with Gasteiger partial charge in [-0.25, -0.2) is 13.2 Å². The van der Waals surface area contributed by atoms with Crippen LogP contribution in [0.25, 0.3) is 0 Å². The zero-order valence-electron chi connectivity index (χ0n) is 7.82. The summed E-state index contributed by atoms with van der Waals surface area (Å²) in [5.41, 5.74) is -2.34. The van der Waals surface area contributed by atoms with Gasteiger partial charge in [-0.1, -0.05) is 6.42 Å². The molecule has 1 N–H and O–H groups in total. The third kappa shape index (κ3) is 3.18. The maximum atomic E-state index is 13.2. The van der Waals surface area contributed by atoms with Crippen molar-refractivity contribution in [2.24, 2.45) is 0 Å². The Morgan fingerprint density at radius 2 is 2.15 bits per heavy atom. The SMILES string of the molecule is CC(F)(CC1CCCCN1)C(F)F. The molecule has 2 atom stereocenters. The molecule has 0 saturated carbocycles. The fourth-order valence-electron chi connectivity index (χ4n) is 1.67. The first kappa shape index (κ1) is 10.8. The summed E-state index contributed by atoms with van der Waals surface area (Å²) in [6, 6.07) is -0.0715. The molecule has 1 saturated heterocycles. The number of alkyl halides is 3. The van der Waals surface area contributed by atoms with Crippen LogP contribution in [0.4, 0.5) is 13.2 Å². The standard InChI is InChI=1S/C9H16F3N/c1-9(12,8(10)11)6-7-4-2-3-5-13-7/h7-8,13H,2-6H2,1H3. The molecule has 0 spiro atoms. The van der Waals surface area contributed by atoms with Crippen LogP contribution in [0, 0.1) is 0 Å². The van der Waals surface area contributed by atoms with Crippen molar-refractivity contribution in [2.45, 2.75) is 50.7 Å². The molecule has 1 aliphatic heterocycles. The summed E-state index contributed by atoms with van der Waals surface area (Å²) in [6.07, 6.45) is -0.0709. The Morgan fingerprint density at radius 1 is 1.46 bits per heavy atom. The first-order valence-electron chi connectivity index (χ1n) is 4.73. The van der Waals surface area contributed by atoms with Gasteiger partial charge in [-0.2, -0.15) is 0 Å². The Hall–Kier alpha value is -0.250. The molecule has 1 aliphatic rings. The highest BCUT2D eigenvalue weighted by Crippen LogP contribution is 2.28. The Kier molecular flexibility index (Phi) is 3.59. The molecule has 1 fully saturated rings. The predicted molar refractivity (Wildman–Crippen MR) is 45.8 cm³/mol. The highest BCUT2D eigenvalue weighted by molar-refractivity contribution is 4.84. The van der Waals surface area contributed by atoms with Crippen LogP contribution in [0.3, 0.4) is 0 Å². The monoisotopic (exact) mass is 195 g/mol. The molecule has 0 bridgehead atoms. The Morgan fingerprint density at radius 3 is 2.62 bits per heavy atom. The van der Waals surface area contributed by atoms with Crippen molar-refractivity contribution in [1.82, 2.24) is 5.32 Å². The lowest BCUT2D eigenvalue weighted by molar-refractivity contribution is -0.0345. The molecule has 0 aromatic carbocycles. The van der Waals surface area contributed by atoms with Crippen molar-refractivity contribution in [3.63, 3.8) is 0 Å². The molecule has 78 valence electrons. The van der Waals surface area contributed by atoms with E-state index in [1.54, 1.807) is 0 Å². The van der Waals surface area contributed by atoms with Crippen LogP contribution < -0.4 is 5.32 Å². The molecule has 1 heterocycles. The zero-order chi connectivity index (χ0) is 9.90. The van der Waals surface area contributed by atoms with Gasteiger partial charge in [0.2, 0.25) is 0 Å². The minimum absolute atomic E-state index is 0.0715. The van der Waals surface area contributed by atoms with Crippen molar-refractivity contribution in [3.8, 4) is 0 Å². The van der Waals surface area contributed by atoms with Crippen LogP contribution in [-0.2, 0) is 0 Å². The van der Waals surface area contributed by atoms with Crippen LogP contribution >= 0.6 is 0 Å². The van der Waals surface area contributed by atoms with E-state index in [1.807, 2.05) is 0 Å². The highest BCUT2D eigenvalue weighted by atomic mass is 19.3. The lowest BCUT2D eigenvalue weighted by Gasteiger charge is -2.29. The molecule has 0 radical (unpaired) electrons. The van der Waals surface area contributed by atoms with E-state index >= 15 is 0 Å². The summed E-state index contributed by atoms with van der Waals surface area (Å²) in [4.78, 5) is 0. The largest absolute Gasteiger partial charge is 0.314 e. The zero-order valence-corrected chi connectivity index (χ0v) is 7.82. The highest BCUT2D eigenvalue weighted by Gasteiger charge is 2.37. The summed E-state index contributed by atoms with van der Waals surface area (Å²) >= 11 is 0. The molecule has 13 heavy (non-hydrogen) atoms. The van der Waals surface area contributed by atoms with Crippen molar-refractivity contribution < 1.29 is 13.2 Å². The van der Waals surface area contributed by atoms with E-state index in [2.05, 4.69) is 5.32 Å². The topological polar surface area (TPSA) is 12.0 Å². The second kappa shape index (κ2) is 4.31. The van der Waals surface area contributed by atoms with Crippen molar-refractivity contribution in [1.29, 1.82) is 0 Å². The van der Waals surface area contributed by atoms with E-state index in [4.69, 9.17) is 0 Å². The average Bonchev–Trinajstić information content (AvgIpc) is 2.05. The van der Waals surface area contributed by atoms with Gasteiger partial charge in [0.05, 0.1) is 0 Å². The van der Waals surface area contributed by atoms with Crippen LogP contribution in [0.1, 0.15) is 32.6 Å². The number of hydrogen-bond acceptors (Lipinski definition) is 1. The molecule has 2 unspecified atom stereocenters. The summed E-state index contributed by atoms with van der Waals surface area (Å²) in [5.74, 6) is 0. The van der Waals surface area contributed by atoms with Crippen molar-refractivity contribution in [2.75, 3.05) is 6.54 Å². The number of nitrogens with one attached hydrogen (secondary N) is 1. The predicted octanol–water partition coefficient (Wildman–Crippen LogP) is 2.51. The summed E-state index contributed by atoms with van der Waals surface area (Å²) in [6.45, 7) is 1.80. The van der Waals surface area contributed by atoms with Gasteiger partial charge in [0.25, 0.3) is 6.43 Å². The van der Waals surface area contributed by atoms with Crippen molar-refractivity contribution in [3.05, 3.63) is 0 Å². The molecule has 4 heteroatoms. The van der Waals surface area contributed by atoms with Gasteiger partial charge in [-0.15, -0.1) is 0 Å². The molecular weight excluding hydrogens is 179 g/mol. The van der Waals surface area contributed by atoms with Crippen molar-refractivity contribution >= 4 is 0 Å². The molecule has 0 aromatic rings. The summed E-state index contributed by atoms with van der Waals surface area (Å²) in [5, 5.41) is 3.06. The maximum absolute atomic E-state index is 13.2. The lowest BCUT2D eigenvalue weighted by atomic mass is 9.93. The smallest absolute Gasteiger partial charge is 0.271 e. The first-order chi connectivity index (χ1) is 6.02. The van der Waals surface area contributed by atoms with Crippen LogP contribution in [0.5, 0.6) is 0 Å². The van der Waals surface area contributed by atoms with Crippen LogP contribution in [-0.4, -0.2) is 24.7 Å². The normalized spacial score (nSPS) is 28.8. The minimum atomic E-state index is -2.88. The average molecular weight is 195 g/mol. The number of piperidine rings is 1. The second-order valence-corrected chi connectivity index (χ2v) is 3.93. The van der Waals surface area contributed by atoms with Gasteiger partial charge < -0.3 is 5.32 Å². The number of halogens is 3. The van der Waals surface area contributed by atoms with Gasteiger partial charge in [0.15, 0.2) is 5.67 Å². The van der Waals surface area contributed by atoms with E-state index in [1.165, 1.54) is 0 Å². The summed E-state index contributed by atoms with van der Waals surface area (Å²) in [7, 11) is 0. The van der Waals surface area contributed by atoms with E-state index < -0.39 is 12.1 Å². The lowest BCUT2D eigenvalue weighted by Crippen LogP contribution is -2.42. The molecule has 1 nitrogen and oxygen atoms in total. The van der Waals surface area contributed by atoms with Gasteiger partial charge in [-0.05, 0) is 26.3 Å². The fourth-order valence-corrected chi connectivity index (χ4v) is 1.67. The third-order valence-electron chi connectivity index (χ3n) is 2.51. The molecule has 0 aliphatic carbocycles. The van der Waals surface area contributed by atoms with E-state index in [-0.39, 0.29) is 12.5 Å². The van der Waals surface area contributed by atoms with Gasteiger partial charge in [0, 0.05) is 12.5 Å². The summed E-state index contributed by atoms with van der Waals surface area (Å²) < 4.78 is 37.5. The van der Waals surface area contributed by atoms with Crippen LogP contribution in [0.15, 0.2) is 0 Å². The Bertz CT molecular complexity index is 153. The van der Waals surface area contributed by atoms with Gasteiger partial charge >= 0.3 is 0 Å². The molecule has 0 amide bonds. The maximum Gasteiger partial charge on any atom is 0.271 e. The fraction of sp³-hybridized carbons (Fsp3) is 1.00. The molecule has 0 aromatic heterocycles. The Balaban J connectivity index is 2.37. The minimum Gasteiger partial charge on any atom is -0.314 e. The first-order valence-corrected chi connectivity index (χ1v) is 4.73.